The minimum atomic E-state index is -5.48. The van der Waals surface area contributed by atoms with E-state index in [1.165, 1.54) is 11.6 Å². The third kappa shape index (κ3) is 4.03. The highest BCUT2D eigenvalue weighted by Crippen LogP contribution is 2.41. The number of hydrogen-bond acceptors (Lipinski definition) is 2. The van der Waals surface area contributed by atoms with Crippen molar-refractivity contribution in [3.05, 3.63) is 16.4 Å². The van der Waals surface area contributed by atoms with Gasteiger partial charge < -0.3 is 5.73 Å². The van der Waals surface area contributed by atoms with Crippen molar-refractivity contribution in [1.29, 1.82) is 0 Å². The highest BCUT2D eigenvalue weighted by atomic mass is 35.5. The zero-order chi connectivity index (χ0) is 16.6. The van der Waals surface area contributed by atoms with Crippen LogP contribution in [0.4, 0.5) is 26.3 Å². The third-order valence-corrected chi connectivity index (χ3v) is 3.51. The molecule has 1 atom stereocenters. The molecular weight excluding hydrogens is 324 g/mol. The fourth-order valence-corrected chi connectivity index (χ4v) is 2.29. The van der Waals surface area contributed by atoms with Crippen LogP contribution < -0.4 is 5.73 Å². The number of alkyl halides is 6. The zero-order valence-corrected chi connectivity index (χ0v) is 11.9. The van der Waals surface area contributed by atoms with Crippen LogP contribution in [0.1, 0.15) is 18.3 Å². The van der Waals surface area contributed by atoms with Crippen LogP contribution in [-0.4, -0.2) is 28.2 Å². The Balaban J connectivity index is 3.11. The topological polar surface area (TPSA) is 43.8 Å². The van der Waals surface area contributed by atoms with Gasteiger partial charge in [-0.15, -0.1) is 0 Å². The van der Waals surface area contributed by atoms with Gasteiger partial charge in [-0.3, -0.25) is 4.68 Å². The standard InChI is InChI=1S/C11H14ClF6N3/c1-3-21-7(8(12)5(2)20-21)4-6(19)9(10(13,14)15)11(16,17)18/h6,9H,3-4,19H2,1-2H3. The molecule has 1 aromatic heterocycles. The molecule has 0 aliphatic heterocycles. The summed E-state index contributed by atoms with van der Waals surface area (Å²) in [6.45, 7) is 3.41. The molecule has 0 saturated heterocycles. The molecule has 0 amide bonds. The first kappa shape index (κ1) is 18.1. The number of hydrogen-bond donors (Lipinski definition) is 1. The van der Waals surface area contributed by atoms with E-state index in [9.17, 15) is 26.3 Å². The maximum Gasteiger partial charge on any atom is 0.402 e. The van der Waals surface area contributed by atoms with Crippen molar-refractivity contribution >= 4 is 11.6 Å². The summed E-state index contributed by atoms with van der Waals surface area (Å²) in [6, 6.07) is -2.19. The summed E-state index contributed by atoms with van der Waals surface area (Å²) in [4.78, 5) is 0. The van der Waals surface area contributed by atoms with Gasteiger partial charge in [-0.25, -0.2) is 0 Å². The summed E-state index contributed by atoms with van der Waals surface area (Å²) >= 11 is 5.87. The molecule has 2 N–H and O–H groups in total. The second-order valence-electron chi connectivity index (χ2n) is 4.59. The quantitative estimate of drug-likeness (QED) is 0.855. The van der Waals surface area contributed by atoms with Gasteiger partial charge in [0, 0.05) is 19.0 Å². The van der Waals surface area contributed by atoms with Crippen LogP contribution >= 0.6 is 11.6 Å². The van der Waals surface area contributed by atoms with Gasteiger partial charge in [0.25, 0.3) is 0 Å². The number of nitrogens with zero attached hydrogens (tertiary/aromatic N) is 2. The van der Waals surface area contributed by atoms with Crippen molar-refractivity contribution in [3.63, 3.8) is 0 Å². The van der Waals surface area contributed by atoms with E-state index in [2.05, 4.69) is 5.10 Å². The Labute approximate surface area is 122 Å². The molecule has 1 rings (SSSR count). The molecule has 1 aromatic rings. The molecule has 0 aliphatic rings. The van der Waals surface area contributed by atoms with Crippen molar-refractivity contribution in [2.75, 3.05) is 0 Å². The van der Waals surface area contributed by atoms with E-state index in [1.54, 1.807) is 6.92 Å². The summed E-state index contributed by atoms with van der Waals surface area (Å²) < 4.78 is 76.9. The molecule has 1 unspecified atom stereocenters. The van der Waals surface area contributed by atoms with Crippen molar-refractivity contribution in [2.45, 2.75) is 45.2 Å². The normalized spacial score (nSPS) is 14.8. The third-order valence-electron chi connectivity index (χ3n) is 3.02. The van der Waals surface area contributed by atoms with E-state index >= 15 is 0 Å². The van der Waals surface area contributed by atoms with Crippen LogP contribution in [-0.2, 0) is 13.0 Å². The highest BCUT2D eigenvalue weighted by molar-refractivity contribution is 6.31. The lowest BCUT2D eigenvalue weighted by Crippen LogP contribution is -2.50. The van der Waals surface area contributed by atoms with Gasteiger partial charge in [-0.1, -0.05) is 11.6 Å². The first-order chi connectivity index (χ1) is 9.39. The number of aromatic nitrogens is 2. The average Bonchev–Trinajstić information content (AvgIpc) is 2.52. The fraction of sp³-hybridized carbons (Fsp3) is 0.727. The monoisotopic (exact) mass is 337 g/mol. The van der Waals surface area contributed by atoms with Crippen LogP contribution in [0.3, 0.4) is 0 Å². The lowest BCUT2D eigenvalue weighted by atomic mass is 9.95. The molecule has 3 nitrogen and oxygen atoms in total. The van der Waals surface area contributed by atoms with E-state index < -0.39 is 30.7 Å². The minimum absolute atomic E-state index is 0.0374. The predicted octanol–water partition coefficient (Wildman–Crippen LogP) is 3.48. The molecule has 0 saturated carbocycles. The average molecular weight is 338 g/mol. The summed E-state index contributed by atoms with van der Waals surface area (Å²) in [6.07, 6.45) is -11.6. The largest absolute Gasteiger partial charge is 0.402 e. The molecule has 0 fully saturated rings. The predicted molar refractivity (Wildman–Crippen MR) is 64.9 cm³/mol. The molecule has 0 spiro atoms. The molecule has 10 heteroatoms. The Morgan fingerprint density at radius 1 is 1.19 bits per heavy atom. The van der Waals surface area contributed by atoms with Gasteiger partial charge in [0.2, 0.25) is 0 Å². The van der Waals surface area contributed by atoms with Gasteiger partial charge in [-0.05, 0) is 13.8 Å². The fourth-order valence-electron chi connectivity index (χ4n) is 2.08. The van der Waals surface area contributed by atoms with Crippen LogP contribution in [0.15, 0.2) is 0 Å². The van der Waals surface area contributed by atoms with Crippen molar-refractivity contribution in [2.24, 2.45) is 11.7 Å². The summed E-state index contributed by atoms with van der Waals surface area (Å²) in [5.74, 6) is -3.61. The second kappa shape index (κ2) is 6.04. The summed E-state index contributed by atoms with van der Waals surface area (Å²) in [5, 5.41) is 3.97. The van der Waals surface area contributed by atoms with Crippen molar-refractivity contribution in [3.8, 4) is 0 Å². The zero-order valence-electron chi connectivity index (χ0n) is 11.2. The van der Waals surface area contributed by atoms with Crippen LogP contribution in [0.2, 0.25) is 5.02 Å². The highest BCUT2D eigenvalue weighted by Gasteiger charge is 2.59. The van der Waals surface area contributed by atoms with Gasteiger partial charge in [0.15, 0.2) is 5.92 Å². The second-order valence-corrected chi connectivity index (χ2v) is 4.97. The number of halogens is 7. The van der Waals surface area contributed by atoms with Crippen molar-refractivity contribution < 1.29 is 26.3 Å². The molecular formula is C11H14ClF6N3. The Hall–Kier alpha value is -0.960. The first-order valence-electron chi connectivity index (χ1n) is 6.00. The van der Waals surface area contributed by atoms with E-state index in [0.29, 0.717) is 5.69 Å². The van der Waals surface area contributed by atoms with Crippen molar-refractivity contribution in [1.82, 2.24) is 9.78 Å². The first-order valence-corrected chi connectivity index (χ1v) is 6.38. The molecule has 0 aliphatic carbocycles. The maximum absolute atomic E-state index is 12.6. The minimum Gasteiger partial charge on any atom is -0.326 e. The van der Waals surface area contributed by atoms with Gasteiger partial charge >= 0.3 is 12.4 Å². The molecule has 0 aromatic carbocycles. The lowest BCUT2D eigenvalue weighted by Gasteiger charge is -2.28. The summed E-state index contributed by atoms with van der Waals surface area (Å²) in [7, 11) is 0. The maximum atomic E-state index is 12.6. The lowest BCUT2D eigenvalue weighted by molar-refractivity contribution is -0.289. The van der Waals surface area contributed by atoms with E-state index in [0.717, 1.165) is 0 Å². The Morgan fingerprint density at radius 3 is 2.05 bits per heavy atom. The van der Waals surface area contributed by atoms with Crippen LogP contribution in [0, 0.1) is 12.8 Å². The van der Waals surface area contributed by atoms with Crippen LogP contribution in [0.25, 0.3) is 0 Å². The molecule has 1 heterocycles. The number of rotatable bonds is 4. The Morgan fingerprint density at radius 2 is 1.67 bits per heavy atom. The van der Waals surface area contributed by atoms with E-state index in [1.807, 2.05) is 0 Å². The smallest absolute Gasteiger partial charge is 0.326 e. The molecule has 0 radical (unpaired) electrons. The number of aryl methyl sites for hydroxylation is 2. The van der Waals surface area contributed by atoms with E-state index in [4.69, 9.17) is 17.3 Å². The SMILES string of the molecule is CCn1nc(C)c(Cl)c1CC(N)C(C(F)(F)F)C(F)(F)F. The van der Waals surface area contributed by atoms with Gasteiger partial charge in [0.05, 0.1) is 16.4 Å². The van der Waals surface area contributed by atoms with Gasteiger partial charge in [0.1, 0.15) is 0 Å². The van der Waals surface area contributed by atoms with E-state index in [-0.39, 0.29) is 17.3 Å². The van der Waals surface area contributed by atoms with Gasteiger partial charge in [-0.2, -0.15) is 31.4 Å². The number of nitrogens with two attached hydrogens (primary N) is 1. The summed E-state index contributed by atoms with van der Waals surface area (Å²) in [5.41, 5.74) is 5.59. The Kier molecular flexibility index (Phi) is 5.20. The molecule has 21 heavy (non-hydrogen) atoms. The molecule has 0 bridgehead atoms. The van der Waals surface area contributed by atoms with Crippen LogP contribution in [0.5, 0.6) is 0 Å². The molecule has 122 valence electrons. The Bertz CT molecular complexity index is 479.